The van der Waals surface area contributed by atoms with E-state index in [1.54, 1.807) is 20.8 Å². The Morgan fingerprint density at radius 3 is 2.36 bits per heavy atom. The monoisotopic (exact) mass is 266 g/mol. The molecule has 0 radical (unpaired) electrons. The van der Waals surface area contributed by atoms with Crippen LogP contribution in [-0.4, -0.2) is 28.5 Å². The molecule has 0 aliphatic heterocycles. The Kier molecular flexibility index (Phi) is 5.12. The summed E-state index contributed by atoms with van der Waals surface area (Å²) in [5.74, 6) is -1.34. The van der Waals surface area contributed by atoms with E-state index in [0.29, 0.717) is 6.61 Å². The Hall–Kier alpha value is -0.580. The molecule has 1 atom stereocenters. The van der Waals surface area contributed by atoms with Crippen molar-refractivity contribution < 1.29 is 19.4 Å². The first-order valence-electron chi connectivity index (χ1n) is 4.33. The SMILES string of the molecule is CCOC(=O)CC(C)(C)C(Br)C(=O)O. The lowest BCUT2D eigenvalue weighted by atomic mass is 9.85. The van der Waals surface area contributed by atoms with E-state index in [1.165, 1.54) is 0 Å². The van der Waals surface area contributed by atoms with Crippen LogP contribution in [0.4, 0.5) is 0 Å². The average Bonchev–Trinajstić information content (AvgIpc) is 2.02. The number of carboxylic acid groups (broad SMARTS) is 1. The predicted octanol–water partition coefficient (Wildman–Crippen LogP) is 1.81. The van der Waals surface area contributed by atoms with Crippen LogP contribution in [0.15, 0.2) is 0 Å². The number of halogens is 1. The van der Waals surface area contributed by atoms with Gasteiger partial charge in [-0.3, -0.25) is 9.59 Å². The maximum atomic E-state index is 11.1. The minimum absolute atomic E-state index is 0.0864. The van der Waals surface area contributed by atoms with Crippen molar-refractivity contribution in [1.29, 1.82) is 0 Å². The molecule has 0 aliphatic carbocycles. The third-order valence-electron chi connectivity index (χ3n) is 1.81. The summed E-state index contributed by atoms with van der Waals surface area (Å²) in [6.07, 6.45) is 0.0864. The molecule has 0 spiro atoms. The fourth-order valence-electron chi connectivity index (χ4n) is 1.01. The quantitative estimate of drug-likeness (QED) is 0.609. The van der Waals surface area contributed by atoms with Crippen molar-refractivity contribution in [3.05, 3.63) is 0 Å². The highest BCUT2D eigenvalue weighted by Crippen LogP contribution is 2.31. The van der Waals surface area contributed by atoms with Crippen molar-refractivity contribution in [1.82, 2.24) is 0 Å². The molecule has 0 aromatic carbocycles. The van der Waals surface area contributed by atoms with Gasteiger partial charge in [-0.2, -0.15) is 0 Å². The van der Waals surface area contributed by atoms with Gasteiger partial charge in [0.05, 0.1) is 13.0 Å². The summed E-state index contributed by atoms with van der Waals surface area (Å²) >= 11 is 3.04. The molecule has 0 heterocycles. The fraction of sp³-hybridized carbons (Fsp3) is 0.778. The lowest BCUT2D eigenvalue weighted by Crippen LogP contribution is -2.34. The van der Waals surface area contributed by atoms with Crippen molar-refractivity contribution in [2.24, 2.45) is 5.41 Å². The molecule has 0 rings (SSSR count). The number of carbonyl (C=O) groups is 2. The summed E-state index contributed by atoms with van der Waals surface area (Å²) in [6, 6.07) is 0. The number of aliphatic carboxylic acids is 1. The second-order valence-electron chi connectivity index (χ2n) is 3.67. The number of esters is 1. The number of alkyl halides is 1. The van der Waals surface area contributed by atoms with E-state index in [4.69, 9.17) is 9.84 Å². The molecule has 0 aromatic heterocycles. The number of hydrogen-bond acceptors (Lipinski definition) is 3. The number of hydrogen-bond donors (Lipinski definition) is 1. The topological polar surface area (TPSA) is 63.6 Å². The van der Waals surface area contributed by atoms with Crippen molar-refractivity contribution in [3.63, 3.8) is 0 Å². The van der Waals surface area contributed by atoms with E-state index < -0.39 is 16.2 Å². The van der Waals surface area contributed by atoms with Gasteiger partial charge in [0.25, 0.3) is 0 Å². The van der Waals surface area contributed by atoms with E-state index in [0.717, 1.165) is 0 Å². The first kappa shape index (κ1) is 13.4. The average molecular weight is 267 g/mol. The van der Waals surface area contributed by atoms with Crippen LogP contribution in [0.1, 0.15) is 27.2 Å². The largest absolute Gasteiger partial charge is 0.480 e. The zero-order chi connectivity index (χ0) is 11.4. The zero-order valence-electron chi connectivity index (χ0n) is 8.54. The Bertz CT molecular complexity index is 225. The highest BCUT2D eigenvalue weighted by Gasteiger charge is 2.35. The van der Waals surface area contributed by atoms with Gasteiger partial charge in [0, 0.05) is 0 Å². The van der Waals surface area contributed by atoms with Gasteiger partial charge in [-0.05, 0) is 12.3 Å². The molecule has 82 valence electrons. The summed E-state index contributed by atoms with van der Waals surface area (Å²) in [4.78, 5) is 21.1. The van der Waals surface area contributed by atoms with Crippen molar-refractivity contribution >= 4 is 27.9 Å². The Morgan fingerprint density at radius 2 is 2.00 bits per heavy atom. The summed E-state index contributed by atoms with van der Waals surface area (Å²) < 4.78 is 4.75. The third-order valence-corrected chi connectivity index (χ3v) is 3.44. The normalized spacial score (nSPS) is 13.4. The Balaban J connectivity index is 4.32. The van der Waals surface area contributed by atoms with Crippen molar-refractivity contribution in [2.75, 3.05) is 6.61 Å². The molecule has 0 aliphatic rings. The van der Waals surface area contributed by atoms with Gasteiger partial charge in [-0.1, -0.05) is 29.8 Å². The summed E-state index contributed by atoms with van der Waals surface area (Å²) in [5.41, 5.74) is -0.655. The fourth-order valence-corrected chi connectivity index (χ4v) is 1.17. The molecule has 0 fully saturated rings. The number of carboxylic acids is 1. The van der Waals surface area contributed by atoms with Crippen molar-refractivity contribution in [2.45, 2.75) is 32.0 Å². The second-order valence-corrected chi connectivity index (χ2v) is 4.59. The van der Waals surface area contributed by atoms with Crippen molar-refractivity contribution in [3.8, 4) is 0 Å². The van der Waals surface area contributed by atoms with Crippen LogP contribution >= 0.6 is 15.9 Å². The molecule has 0 bridgehead atoms. The number of carbonyl (C=O) groups excluding carboxylic acids is 1. The minimum Gasteiger partial charge on any atom is -0.480 e. The molecule has 0 saturated heterocycles. The zero-order valence-corrected chi connectivity index (χ0v) is 10.1. The predicted molar refractivity (Wildman–Crippen MR) is 55.4 cm³/mol. The molecule has 0 amide bonds. The van der Waals surface area contributed by atoms with E-state index in [2.05, 4.69) is 15.9 Å². The standard InChI is InChI=1S/C9H15BrO4/c1-4-14-6(11)5-9(2,3)7(10)8(12)13/h7H,4-5H2,1-3H3,(H,12,13). The van der Waals surface area contributed by atoms with Crippen LogP contribution in [0.25, 0.3) is 0 Å². The van der Waals surface area contributed by atoms with Gasteiger partial charge in [0.2, 0.25) is 0 Å². The van der Waals surface area contributed by atoms with Crippen LogP contribution in [0.5, 0.6) is 0 Å². The summed E-state index contributed by atoms with van der Waals surface area (Å²) in [6.45, 7) is 5.44. The Labute approximate surface area is 91.8 Å². The highest BCUT2D eigenvalue weighted by atomic mass is 79.9. The lowest BCUT2D eigenvalue weighted by molar-refractivity contribution is -0.146. The number of ether oxygens (including phenoxy) is 1. The molecular weight excluding hydrogens is 252 g/mol. The van der Waals surface area contributed by atoms with E-state index in [-0.39, 0.29) is 12.4 Å². The highest BCUT2D eigenvalue weighted by molar-refractivity contribution is 9.10. The van der Waals surface area contributed by atoms with E-state index >= 15 is 0 Å². The van der Waals surface area contributed by atoms with Gasteiger partial charge < -0.3 is 9.84 Å². The summed E-state index contributed by atoms with van der Waals surface area (Å²) in [7, 11) is 0. The lowest BCUT2D eigenvalue weighted by Gasteiger charge is -2.26. The van der Waals surface area contributed by atoms with Crippen LogP contribution in [0.3, 0.4) is 0 Å². The maximum Gasteiger partial charge on any atom is 0.317 e. The molecule has 14 heavy (non-hydrogen) atoms. The van der Waals surface area contributed by atoms with Crippen LogP contribution in [0, 0.1) is 5.41 Å². The smallest absolute Gasteiger partial charge is 0.317 e. The third kappa shape index (κ3) is 4.09. The van der Waals surface area contributed by atoms with Gasteiger partial charge in [-0.15, -0.1) is 0 Å². The van der Waals surface area contributed by atoms with Gasteiger partial charge in [0.1, 0.15) is 4.83 Å². The molecule has 4 nitrogen and oxygen atoms in total. The molecule has 1 unspecified atom stereocenters. The van der Waals surface area contributed by atoms with E-state index in [9.17, 15) is 9.59 Å². The first-order chi connectivity index (χ1) is 6.31. The minimum atomic E-state index is -0.973. The molecule has 5 heteroatoms. The Morgan fingerprint density at radius 1 is 1.50 bits per heavy atom. The summed E-state index contributed by atoms with van der Waals surface area (Å²) in [5, 5.41) is 8.76. The number of rotatable bonds is 5. The maximum absolute atomic E-state index is 11.1. The van der Waals surface area contributed by atoms with Crippen LogP contribution in [-0.2, 0) is 14.3 Å². The molecule has 0 saturated carbocycles. The second kappa shape index (κ2) is 5.34. The molecule has 0 aromatic rings. The molecular formula is C9H15BrO4. The first-order valence-corrected chi connectivity index (χ1v) is 5.25. The molecule has 1 N–H and O–H groups in total. The van der Waals surface area contributed by atoms with Crippen LogP contribution < -0.4 is 0 Å². The van der Waals surface area contributed by atoms with Gasteiger partial charge in [0.15, 0.2) is 0 Å². The van der Waals surface area contributed by atoms with Gasteiger partial charge in [-0.25, -0.2) is 0 Å². The van der Waals surface area contributed by atoms with E-state index in [1.807, 2.05) is 0 Å². The van der Waals surface area contributed by atoms with Crippen LogP contribution in [0.2, 0.25) is 0 Å². The van der Waals surface area contributed by atoms with Gasteiger partial charge >= 0.3 is 11.9 Å².